The molecule has 0 radical (unpaired) electrons. The largest absolute Gasteiger partial charge is 0.488 e. The average molecular weight is 573 g/mol. The van der Waals surface area contributed by atoms with E-state index in [1.54, 1.807) is 60.7 Å². The number of nitro groups is 1. The summed E-state index contributed by atoms with van der Waals surface area (Å²) in [4.78, 5) is 39.6. The van der Waals surface area contributed by atoms with Gasteiger partial charge >= 0.3 is 0 Å². The summed E-state index contributed by atoms with van der Waals surface area (Å²) in [5.74, 6) is -0.380. The molecule has 0 unspecified atom stereocenters. The van der Waals surface area contributed by atoms with Crippen LogP contribution in [0.15, 0.2) is 81.1 Å². The highest BCUT2D eigenvalue weighted by Crippen LogP contribution is 2.32. The number of carbonyl (C=O) groups is 2. The number of nitro benzene ring substituents is 1. The molecule has 0 aliphatic carbocycles. The van der Waals surface area contributed by atoms with E-state index in [1.807, 2.05) is 0 Å². The second-order valence-corrected chi connectivity index (χ2v) is 9.57. The summed E-state index contributed by atoms with van der Waals surface area (Å²) < 4.78 is 6.69. The highest BCUT2D eigenvalue weighted by atomic mass is 79.9. The van der Waals surface area contributed by atoms with Gasteiger partial charge in [-0.05, 0) is 78.0 Å². The molecule has 35 heavy (non-hydrogen) atoms. The predicted molar refractivity (Wildman–Crippen MR) is 138 cm³/mol. The number of hydrogen-bond acceptors (Lipinski definition) is 6. The summed E-state index contributed by atoms with van der Waals surface area (Å²) in [7, 11) is 0. The van der Waals surface area contributed by atoms with Gasteiger partial charge in [0.1, 0.15) is 12.4 Å². The summed E-state index contributed by atoms with van der Waals surface area (Å²) in [5.41, 5.74) is 1.73. The second kappa shape index (κ2) is 10.9. The van der Waals surface area contributed by atoms with Gasteiger partial charge in [0.15, 0.2) is 5.17 Å². The first-order valence-corrected chi connectivity index (χ1v) is 12.0. The Bertz CT molecular complexity index is 1370. The van der Waals surface area contributed by atoms with Crippen LogP contribution < -0.4 is 10.1 Å². The van der Waals surface area contributed by atoms with Crippen molar-refractivity contribution in [2.24, 2.45) is 4.99 Å². The molecule has 8 nitrogen and oxygen atoms in total. The number of benzene rings is 3. The van der Waals surface area contributed by atoms with Crippen molar-refractivity contribution in [3.63, 3.8) is 0 Å². The zero-order chi connectivity index (χ0) is 24.9. The van der Waals surface area contributed by atoms with Gasteiger partial charge in [-0.1, -0.05) is 27.5 Å². The van der Waals surface area contributed by atoms with Crippen molar-refractivity contribution in [2.45, 2.75) is 6.61 Å². The van der Waals surface area contributed by atoms with Crippen molar-refractivity contribution in [1.82, 2.24) is 5.32 Å². The molecule has 11 heteroatoms. The molecule has 1 N–H and O–H groups in total. The summed E-state index contributed by atoms with van der Waals surface area (Å²) in [6, 6.07) is 17.7. The molecule has 0 saturated carbocycles. The number of amides is 2. The van der Waals surface area contributed by atoms with Gasteiger partial charge in [0.05, 0.1) is 9.83 Å². The first kappa shape index (κ1) is 24.6. The summed E-state index contributed by atoms with van der Waals surface area (Å²) in [6.45, 7) is 0.178. The van der Waals surface area contributed by atoms with Crippen LogP contribution in [0.1, 0.15) is 21.5 Å². The highest BCUT2D eigenvalue weighted by molar-refractivity contribution is 9.10. The fourth-order valence-corrected chi connectivity index (χ4v) is 4.32. The van der Waals surface area contributed by atoms with E-state index in [-0.39, 0.29) is 23.4 Å². The number of non-ortho nitro benzene ring substituents is 1. The van der Waals surface area contributed by atoms with E-state index in [9.17, 15) is 19.7 Å². The predicted octanol–water partition coefficient (Wildman–Crippen LogP) is 5.99. The van der Waals surface area contributed by atoms with E-state index in [0.29, 0.717) is 26.8 Å². The zero-order valence-corrected chi connectivity index (χ0v) is 20.9. The standard InChI is InChI=1S/C24H15BrClN3O5S/c25-17-5-10-20(34-13-14-1-8-19(9-2-14)29(32)33)16(11-17)12-21-23(31)28-24(35-21)27-22(30)15-3-6-18(26)7-4-15/h1-12H,13H2,(H,27,28,30,31)/b21-12-. The molecule has 1 aliphatic heterocycles. The molecule has 3 aromatic carbocycles. The first-order chi connectivity index (χ1) is 16.8. The zero-order valence-electron chi connectivity index (χ0n) is 17.7. The number of nitrogens with one attached hydrogen (secondary N) is 1. The molecule has 1 saturated heterocycles. The number of halogens is 2. The highest BCUT2D eigenvalue weighted by Gasteiger charge is 2.25. The second-order valence-electron chi connectivity index (χ2n) is 7.19. The fourth-order valence-electron chi connectivity index (χ4n) is 3.01. The molecule has 0 bridgehead atoms. The molecule has 0 spiro atoms. The third kappa shape index (κ3) is 6.36. The summed E-state index contributed by atoms with van der Waals surface area (Å²) in [6.07, 6.45) is 1.64. The maximum absolute atomic E-state index is 12.5. The lowest BCUT2D eigenvalue weighted by Gasteiger charge is -2.10. The topological polar surface area (TPSA) is 111 Å². The Morgan fingerprint density at radius 3 is 2.54 bits per heavy atom. The normalized spacial score (nSPS) is 15.3. The Kier molecular flexibility index (Phi) is 7.64. The van der Waals surface area contributed by atoms with Gasteiger partial charge < -0.3 is 10.1 Å². The van der Waals surface area contributed by atoms with Crippen LogP contribution in [0.5, 0.6) is 5.75 Å². The third-order valence-electron chi connectivity index (χ3n) is 4.75. The minimum Gasteiger partial charge on any atom is -0.488 e. The van der Waals surface area contributed by atoms with Crippen LogP contribution in [0.4, 0.5) is 5.69 Å². The van der Waals surface area contributed by atoms with E-state index >= 15 is 0 Å². The Morgan fingerprint density at radius 2 is 1.86 bits per heavy atom. The van der Waals surface area contributed by atoms with Crippen molar-refractivity contribution in [3.8, 4) is 5.75 Å². The van der Waals surface area contributed by atoms with Gasteiger partial charge in [0.25, 0.3) is 17.5 Å². The van der Waals surface area contributed by atoms with Crippen molar-refractivity contribution in [2.75, 3.05) is 0 Å². The van der Waals surface area contributed by atoms with Gasteiger partial charge in [-0.25, -0.2) is 0 Å². The van der Waals surface area contributed by atoms with Crippen LogP contribution in [0, 0.1) is 10.1 Å². The monoisotopic (exact) mass is 571 g/mol. The van der Waals surface area contributed by atoms with Crippen molar-refractivity contribution in [1.29, 1.82) is 0 Å². The van der Waals surface area contributed by atoms with Crippen LogP contribution in [0.2, 0.25) is 5.02 Å². The number of thioether (sulfide) groups is 1. The lowest BCUT2D eigenvalue weighted by Crippen LogP contribution is -2.20. The van der Waals surface area contributed by atoms with Gasteiger partial charge in [0.2, 0.25) is 0 Å². The van der Waals surface area contributed by atoms with Gasteiger partial charge in [-0.15, -0.1) is 0 Å². The van der Waals surface area contributed by atoms with E-state index < -0.39 is 10.8 Å². The Balaban J connectivity index is 1.51. The lowest BCUT2D eigenvalue weighted by atomic mass is 10.1. The maximum Gasteiger partial charge on any atom is 0.279 e. The molecule has 176 valence electrons. The molecule has 0 aromatic heterocycles. The molecular weight excluding hydrogens is 558 g/mol. The lowest BCUT2D eigenvalue weighted by molar-refractivity contribution is -0.384. The number of rotatable bonds is 6. The summed E-state index contributed by atoms with van der Waals surface area (Å²) in [5, 5.41) is 14.1. The molecule has 0 atom stereocenters. The van der Waals surface area contributed by atoms with E-state index in [0.717, 1.165) is 21.8 Å². The molecule has 3 aromatic rings. The fraction of sp³-hybridized carbons (Fsp3) is 0.0417. The molecule has 1 fully saturated rings. The number of amidine groups is 1. The van der Waals surface area contributed by atoms with Crippen molar-refractivity contribution < 1.29 is 19.2 Å². The number of ether oxygens (including phenoxy) is 1. The molecule has 2 amide bonds. The van der Waals surface area contributed by atoms with Crippen LogP contribution in [-0.2, 0) is 11.4 Å². The minimum absolute atomic E-state index is 0.000836. The number of nitrogens with zero attached hydrogens (tertiary/aromatic N) is 2. The average Bonchev–Trinajstić information content (AvgIpc) is 3.17. The summed E-state index contributed by atoms with van der Waals surface area (Å²) >= 11 is 10.3. The van der Waals surface area contributed by atoms with Crippen LogP contribution in [0.3, 0.4) is 0 Å². The Labute approximate surface area is 217 Å². The van der Waals surface area contributed by atoms with Crippen molar-refractivity contribution in [3.05, 3.63) is 108 Å². The number of aliphatic imine (C=N–C) groups is 1. The van der Waals surface area contributed by atoms with E-state index in [1.165, 1.54) is 12.1 Å². The maximum atomic E-state index is 12.5. The Morgan fingerprint density at radius 1 is 1.14 bits per heavy atom. The van der Waals surface area contributed by atoms with Crippen molar-refractivity contribution >= 4 is 68.0 Å². The molecular formula is C24H15BrClN3O5S. The SMILES string of the molecule is O=C1NC(=NC(=O)c2ccc(Cl)cc2)S/C1=C\c1cc(Br)ccc1OCc1ccc([N+](=O)[O-])cc1. The third-order valence-corrected chi connectivity index (χ3v) is 6.40. The van der Waals surface area contributed by atoms with Gasteiger partial charge in [0, 0.05) is 32.8 Å². The number of carbonyl (C=O) groups excluding carboxylic acids is 2. The van der Waals surface area contributed by atoms with E-state index in [2.05, 4.69) is 26.2 Å². The van der Waals surface area contributed by atoms with Gasteiger partial charge in [-0.2, -0.15) is 4.99 Å². The molecule has 4 rings (SSSR count). The first-order valence-electron chi connectivity index (χ1n) is 10.0. The smallest absolute Gasteiger partial charge is 0.279 e. The van der Waals surface area contributed by atoms with E-state index in [4.69, 9.17) is 16.3 Å². The Hall–Kier alpha value is -3.47. The van der Waals surface area contributed by atoms with Crippen LogP contribution in [-0.4, -0.2) is 21.9 Å². The number of hydrogen-bond donors (Lipinski definition) is 1. The van der Waals surface area contributed by atoms with Gasteiger partial charge in [-0.3, -0.25) is 19.7 Å². The van der Waals surface area contributed by atoms with Crippen LogP contribution in [0.25, 0.3) is 6.08 Å². The quantitative estimate of drug-likeness (QED) is 0.221. The van der Waals surface area contributed by atoms with Crippen LogP contribution >= 0.6 is 39.3 Å². The molecule has 1 heterocycles. The molecule has 1 aliphatic rings. The minimum atomic E-state index is -0.500.